The minimum Gasteiger partial charge on any atom is -0.508 e. The Labute approximate surface area is 136 Å². The van der Waals surface area contributed by atoms with Gasteiger partial charge in [-0.2, -0.15) is 0 Å². The number of aromatic hydroxyl groups is 1. The summed E-state index contributed by atoms with van der Waals surface area (Å²) < 4.78 is 11.3. The molecular weight excluding hydrogens is 308 g/mol. The lowest BCUT2D eigenvalue weighted by Crippen LogP contribution is -2.24. The molecule has 0 spiro atoms. The first kappa shape index (κ1) is 14.1. The second kappa shape index (κ2) is 5.27. The fourth-order valence-electron chi connectivity index (χ4n) is 2.52. The number of phenols is 1. The second-order valence-corrected chi connectivity index (χ2v) is 5.27. The van der Waals surface area contributed by atoms with E-state index in [0.717, 1.165) is 10.9 Å². The molecule has 1 amide bonds. The molecule has 24 heavy (non-hydrogen) atoms. The summed E-state index contributed by atoms with van der Waals surface area (Å²) in [6, 6.07) is 13.8. The van der Waals surface area contributed by atoms with E-state index in [4.69, 9.17) is 15.2 Å². The first-order valence-electron chi connectivity index (χ1n) is 7.20. The first-order valence-corrected chi connectivity index (χ1v) is 7.20. The minimum absolute atomic E-state index is 0.00278. The topological polar surface area (TPSA) is 94.7 Å². The van der Waals surface area contributed by atoms with Gasteiger partial charge < -0.3 is 20.3 Å². The van der Waals surface area contributed by atoms with Crippen LogP contribution in [0.2, 0.25) is 0 Å². The van der Waals surface area contributed by atoms with Crippen molar-refractivity contribution in [2.75, 3.05) is 0 Å². The SMILES string of the molecule is NC(=O)C1=C(c2cnc3ccccc3c2)Oc2ccc(O)cc2O1. The van der Waals surface area contributed by atoms with Gasteiger partial charge in [-0.15, -0.1) is 0 Å². The molecule has 118 valence electrons. The molecule has 0 saturated carbocycles. The maximum Gasteiger partial charge on any atom is 0.288 e. The summed E-state index contributed by atoms with van der Waals surface area (Å²) in [5.41, 5.74) is 6.81. The molecule has 0 radical (unpaired) electrons. The van der Waals surface area contributed by atoms with Crippen molar-refractivity contribution in [2.45, 2.75) is 0 Å². The number of ether oxygens (including phenoxy) is 2. The van der Waals surface area contributed by atoms with E-state index >= 15 is 0 Å². The third-order valence-corrected chi connectivity index (χ3v) is 3.63. The second-order valence-electron chi connectivity index (χ2n) is 5.27. The number of nitrogens with two attached hydrogens (primary N) is 1. The normalized spacial score (nSPS) is 13.2. The van der Waals surface area contributed by atoms with Gasteiger partial charge in [0, 0.05) is 23.2 Å². The van der Waals surface area contributed by atoms with Crippen LogP contribution in [0.3, 0.4) is 0 Å². The van der Waals surface area contributed by atoms with Crippen molar-refractivity contribution in [1.82, 2.24) is 4.98 Å². The summed E-state index contributed by atoms with van der Waals surface area (Å²) in [4.78, 5) is 16.1. The van der Waals surface area contributed by atoms with Gasteiger partial charge in [-0.25, -0.2) is 0 Å². The zero-order valence-corrected chi connectivity index (χ0v) is 12.4. The van der Waals surface area contributed by atoms with Gasteiger partial charge in [0.1, 0.15) is 5.75 Å². The summed E-state index contributed by atoms with van der Waals surface area (Å²) in [5.74, 6) is -0.115. The number of carbonyl (C=O) groups is 1. The number of primary amides is 1. The van der Waals surface area contributed by atoms with Crippen molar-refractivity contribution in [3.63, 3.8) is 0 Å². The first-order chi connectivity index (χ1) is 11.6. The van der Waals surface area contributed by atoms with E-state index < -0.39 is 5.91 Å². The predicted molar refractivity (Wildman–Crippen MR) is 87.2 cm³/mol. The summed E-state index contributed by atoms with van der Waals surface area (Å²) in [5, 5.41) is 10.4. The fraction of sp³-hybridized carbons (Fsp3) is 0. The van der Waals surface area contributed by atoms with Crippen LogP contribution in [0.15, 0.2) is 60.5 Å². The average Bonchev–Trinajstić information content (AvgIpc) is 2.60. The molecule has 4 rings (SSSR count). The number of pyridine rings is 1. The molecule has 1 aliphatic rings. The van der Waals surface area contributed by atoms with E-state index in [2.05, 4.69) is 4.98 Å². The number of fused-ring (bicyclic) bond motifs is 2. The number of hydrogen-bond donors (Lipinski definition) is 2. The zero-order valence-electron chi connectivity index (χ0n) is 12.4. The fourth-order valence-corrected chi connectivity index (χ4v) is 2.52. The highest BCUT2D eigenvalue weighted by molar-refractivity contribution is 5.99. The van der Waals surface area contributed by atoms with Crippen molar-refractivity contribution >= 4 is 22.6 Å². The molecule has 0 unspecified atom stereocenters. The molecule has 0 bridgehead atoms. The van der Waals surface area contributed by atoms with Crippen LogP contribution in [-0.2, 0) is 4.79 Å². The van der Waals surface area contributed by atoms with Gasteiger partial charge >= 0.3 is 0 Å². The molecule has 6 heteroatoms. The van der Waals surface area contributed by atoms with Crippen LogP contribution >= 0.6 is 0 Å². The molecule has 1 aliphatic heterocycles. The van der Waals surface area contributed by atoms with Crippen LogP contribution in [-0.4, -0.2) is 16.0 Å². The Hall–Kier alpha value is -3.54. The van der Waals surface area contributed by atoms with Gasteiger partial charge in [0.15, 0.2) is 17.3 Å². The lowest BCUT2D eigenvalue weighted by atomic mass is 10.1. The minimum atomic E-state index is -0.771. The summed E-state index contributed by atoms with van der Waals surface area (Å²) >= 11 is 0. The lowest BCUT2D eigenvalue weighted by Gasteiger charge is -2.22. The third-order valence-electron chi connectivity index (χ3n) is 3.63. The number of phenolic OH excluding ortho intramolecular Hbond substituents is 1. The zero-order chi connectivity index (χ0) is 16.7. The Morgan fingerprint density at radius 1 is 1.04 bits per heavy atom. The van der Waals surface area contributed by atoms with E-state index in [1.165, 1.54) is 12.1 Å². The maximum absolute atomic E-state index is 11.8. The van der Waals surface area contributed by atoms with Crippen molar-refractivity contribution < 1.29 is 19.4 Å². The smallest absolute Gasteiger partial charge is 0.288 e. The molecule has 1 aromatic heterocycles. The quantitative estimate of drug-likeness (QED) is 0.756. The van der Waals surface area contributed by atoms with Crippen LogP contribution in [0.4, 0.5) is 0 Å². The van der Waals surface area contributed by atoms with Crippen LogP contribution in [0.1, 0.15) is 5.56 Å². The maximum atomic E-state index is 11.8. The van der Waals surface area contributed by atoms with Gasteiger partial charge in [0.2, 0.25) is 5.76 Å². The van der Waals surface area contributed by atoms with Gasteiger partial charge in [-0.3, -0.25) is 9.78 Å². The number of hydrogen-bond acceptors (Lipinski definition) is 5. The predicted octanol–water partition coefficient (Wildman–Crippen LogP) is 2.57. The summed E-state index contributed by atoms with van der Waals surface area (Å²) in [6.07, 6.45) is 1.59. The number of rotatable bonds is 2. The lowest BCUT2D eigenvalue weighted by molar-refractivity contribution is -0.116. The number of para-hydroxylation sites is 1. The number of benzene rings is 2. The van der Waals surface area contributed by atoms with Crippen LogP contribution in [0.25, 0.3) is 16.7 Å². The monoisotopic (exact) mass is 320 g/mol. The highest BCUT2D eigenvalue weighted by Gasteiger charge is 2.27. The van der Waals surface area contributed by atoms with Gasteiger partial charge in [-0.05, 0) is 24.3 Å². The Kier molecular flexibility index (Phi) is 3.09. The molecule has 0 saturated heterocycles. The van der Waals surface area contributed by atoms with Gasteiger partial charge in [-0.1, -0.05) is 18.2 Å². The Balaban J connectivity index is 1.86. The van der Waals surface area contributed by atoms with Gasteiger partial charge in [0.05, 0.1) is 5.52 Å². The van der Waals surface area contributed by atoms with Crippen molar-refractivity contribution in [3.8, 4) is 17.2 Å². The standard InChI is InChI=1S/C18H12N2O4/c19-18(22)17-16(23-14-6-5-12(21)8-15(14)24-17)11-7-10-3-1-2-4-13(10)20-9-11/h1-9,21H,(H2,19,22). The van der Waals surface area contributed by atoms with Crippen molar-refractivity contribution in [2.24, 2.45) is 5.73 Å². The molecule has 3 N–H and O–H groups in total. The molecule has 0 aliphatic carbocycles. The number of amides is 1. The van der Waals surface area contributed by atoms with Crippen molar-refractivity contribution in [1.29, 1.82) is 0 Å². The average molecular weight is 320 g/mol. The molecule has 2 aromatic carbocycles. The van der Waals surface area contributed by atoms with Crippen LogP contribution < -0.4 is 15.2 Å². The molecular formula is C18H12N2O4. The van der Waals surface area contributed by atoms with E-state index in [1.54, 1.807) is 12.3 Å². The van der Waals surface area contributed by atoms with Crippen molar-refractivity contribution in [3.05, 3.63) is 66.1 Å². The highest BCUT2D eigenvalue weighted by Crippen LogP contribution is 2.40. The molecule has 2 heterocycles. The Morgan fingerprint density at radius 2 is 1.88 bits per heavy atom. The molecule has 6 nitrogen and oxygen atoms in total. The number of aromatic nitrogens is 1. The number of nitrogens with zero attached hydrogens (tertiary/aromatic N) is 1. The Bertz CT molecular complexity index is 1010. The molecule has 3 aromatic rings. The summed E-state index contributed by atoms with van der Waals surface area (Å²) in [7, 11) is 0. The van der Waals surface area contributed by atoms with Crippen LogP contribution in [0.5, 0.6) is 17.2 Å². The highest BCUT2D eigenvalue weighted by atomic mass is 16.6. The third kappa shape index (κ3) is 2.30. The van der Waals surface area contributed by atoms with E-state index in [1.807, 2.05) is 30.3 Å². The number of carbonyl (C=O) groups excluding carboxylic acids is 1. The van der Waals surface area contributed by atoms with E-state index in [0.29, 0.717) is 11.3 Å². The van der Waals surface area contributed by atoms with Gasteiger partial charge in [0.25, 0.3) is 5.91 Å². The molecule has 0 atom stereocenters. The Morgan fingerprint density at radius 3 is 2.71 bits per heavy atom. The van der Waals surface area contributed by atoms with E-state index in [9.17, 15) is 9.90 Å². The van der Waals surface area contributed by atoms with Crippen LogP contribution in [0, 0.1) is 0 Å². The summed E-state index contributed by atoms with van der Waals surface area (Å²) in [6.45, 7) is 0. The van der Waals surface area contributed by atoms with E-state index in [-0.39, 0.29) is 23.0 Å². The largest absolute Gasteiger partial charge is 0.508 e. The molecule has 0 fully saturated rings.